The normalized spacial score (nSPS) is 20.2. The van der Waals surface area contributed by atoms with Gasteiger partial charge in [0, 0.05) is 13.1 Å². The summed E-state index contributed by atoms with van der Waals surface area (Å²) in [7, 11) is 0. The van der Waals surface area contributed by atoms with E-state index in [1.165, 1.54) is 17.3 Å². The van der Waals surface area contributed by atoms with Crippen LogP contribution < -0.4 is 0 Å². The first-order valence-electron chi connectivity index (χ1n) is 5.50. The number of carbonyl (C=O) groups excluding carboxylic acids is 1. The Morgan fingerprint density at radius 2 is 2.29 bits per heavy atom. The maximum atomic E-state index is 11.9. The lowest BCUT2D eigenvalue weighted by atomic mass is 9.98. The van der Waals surface area contributed by atoms with Crippen LogP contribution in [-0.2, 0) is 16.1 Å². The minimum atomic E-state index is -0.830. The van der Waals surface area contributed by atoms with Gasteiger partial charge in [0.15, 0.2) is 0 Å². The van der Waals surface area contributed by atoms with Crippen molar-refractivity contribution in [3.8, 4) is 0 Å². The Morgan fingerprint density at radius 1 is 1.47 bits per heavy atom. The molecule has 2 rings (SSSR count). The van der Waals surface area contributed by atoms with Gasteiger partial charge in [0.1, 0.15) is 19.2 Å². The molecule has 0 spiro atoms. The summed E-state index contributed by atoms with van der Waals surface area (Å²) in [5.74, 6) is -1.38. The number of hydrogen-bond donors (Lipinski definition) is 1. The van der Waals surface area contributed by atoms with Gasteiger partial charge in [-0.2, -0.15) is 5.10 Å². The molecule has 1 amide bonds. The van der Waals surface area contributed by atoms with Crippen molar-refractivity contribution < 1.29 is 14.7 Å². The Hall–Kier alpha value is -1.92. The SMILES string of the molecule is O=C(O)C1CCCN(C(=O)Cn2cncn2)C1. The van der Waals surface area contributed by atoms with Crippen LogP contribution in [0.15, 0.2) is 12.7 Å². The van der Waals surface area contributed by atoms with Crippen molar-refractivity contribution in [2.24, 2.45) is 5.92 Å². The lowest BCUT2D eigenvalue weighted by Gasteiger charge is -2.30. The molecule has 1 aliphatic heterocycles. The van der Waals surface area contributed by atoms with Gasteiger partial charge >= 0.3 is 5.97 Å². The number of nitrogens with zero attached hydrogens (tertiary/aromatic N) is 4. The second-order valence-electron chi connectivity index (χ2n) is 4.11. The maximum Gasteiger partial charge on any atom is 0.308 e. The van der Waals surface area contributed by atoms with Crippen LogP contribution in [0.3, 0.4) is 0 Å². The third kappa shape index (κ3) is 2.80. The first-order valence-corrected chi connectivity index (χ1v) is 5.50. The van der Waals surface area contributed by atoms with Crippen LogP contribution in [0.25, 0.3) is 0 Å². The lowest BCUT2D eigenvalue weighted by Crippen LogP contribution is -2.43. The molecule has 2 heterocycles. The zero-order valence-electron chi connectivity index (χ0n) is 9.32. The van der Waals surface area contributed by atoms with Gasteiger partial charge in [0.05, 0.1) is 5.92 Å². The lowest BCUT2D eigenvalue weighted by molar-refractivity contribution is -0.145. The fourth-order valence-electron chi connectivity index (χ4n) is 1.96. The summed E-state index contributed by atoms with van der Waals surface area (Å²) >= 11 is 0. The Kier molecular flexibility index (Phi) is 3.36. The van der Waals surface area contributed by atoms with E-state index in [-0.39, 0.29) is 12.5 Å². The Morgan fingerprint density at radius 3 is 2.94 bits per heavy atom. The van der Waals surface area contributed by atoms with Gasteiger partial charge < -0.3 is 10.0 Å². The molecule has 0 aromatic carbocycles. The fourth-order valence-corrected chi connectivity index (χ4v) is 1.96. The highest BCUT2D eigenvalue weighted by atomic mass is 16.4. The summed E-state index contributed by atoms with van der Waals surface area (Å²) in [5.41, 5.74) is 0. The van der Waals surface area contributed by atoms with Crippen LogP contribution in [-0.4, -0.2) is 49.7 Å². The minimum Gasteiger partial charge on any atom is -0.481 e. The van der Waals surface area contributed by atoms with E-state index in [2.05, 4.69) is 10.1 Å². The predicted molar refractivity (Wildman–Crippen MR) is 57.0 cm³/mol. The van der Waals surface area contributed by atoms with Gasteiger partial charge in [0.25, 0.3) is 0 Å². The number of aliphatic carboxylic acids is 1. The number of rotatable bonds is 3. The third-order valence-corrected chi connectivity index (χ3v) is 2.89. The highest BCUT2D eigenvalue weighted by Gasteiger charge is 2.28. The molecule has 1 unspecified atom stereocenters. The molecule has 0 aliphatic carbocycles. The minimum absolute atomic E-state index is 0.110. The van der Waals surface area contributed by atoms with Crippen molar-refractivity contribution in [3.63, 3.8) is 0 Å². The highest BCUT2D eigenvalue weighted by Crippen LogP contribution is 2.16. The third-order valence-electron chi connectivity index (χ3n) is 2.89. The Labute approximate surface area is 98.0 Å². The molecule has 1 aromatic heterocycles. The molecular formula is C10H14N4O3. The molecule has 7 heteroatoms. The summed E-state index contributed by atoms with van der Waals surface area (Å²) in [6.45, 7) is 1.03. The van der Waals surface area contributed by atoms with Crippen molar-refractivity contribution in [1.29, 1.82) is 0 Å². The first-order chi connectivity index (χ1) is 8.16. The van der Waals surface area contributed by atoms with Gasteiger partial charge in [-0.3, -0.25) is 9.59 Å². The zero-order valence-corrected chi connectivity index (χ0v) is 9.32. The molecule has 0 radical (unpaired) electrons. The molecule has 1 aromatic rings. The molecular weight excluding hydrogens is 224 g/mol. The van der Waals surface area contributed by atoms with Crippen molar-refractivity contribution in [2.45, 2.75) is 19.4 Å². The number of amides is 1. The monoisotopic (exact) mass is 238 g/mol. The molecule has 1 atom stereocenters. The van der Waals surface area contributed by atoms with E-state index in [1.807, 2.05) is 0 Å². The van der Waals surface area contributed by atoms with Crippen LogP contribution in [0.4, 0.5) is 0 Å². The average Bonchev–Trinajstić information content (AvgIpc) is 2.82. The van der Waals surface area contributed by atoms with E-state index < -0.39 is 11.9 Å². The topological polar surface area (TPSA) is 88.3 Å². The number of carbonyl (C=O) groups is 2. The van der Waals surface area contributed by atoms with E-state index >= 15 is 0 Å². The molecule has 1 aliphatic rings. The molecule has 1 saturated heterocycles. The van der Waals surface area contributed by atoms with Gasteiger partial charge in [0.2, 0.25) is 5.91 Å². The number of carboxylic acids is 1. The molecule has 17 heavy (non-hydrogen) atoms. The fraction of sp³-hybridized carbons (Fsp3) is 0.600. The molecule has 1 N–H and O–H groups in total. The van der Waals surface area contributed by atoms with Crippen LogP contribution >= 0.6 is 0 Å². The molecule has 1 fully saturated rings. The van der Waals surface area contributed by atoms with Gasteiger partial charge in [-0.1, -0.05) is 0 Å². The summed E-state index contributed by atoms with van der Waals surface area (Å²) in [6, 6.07) is 0. The van der Waals surface area contributed by atoms with Crippen LogP contribution in [0.5, 0.6) is 0 Å². The van der Waals surface area contributed by atoms with Crippen molar-refractivity contribution in [3.05, 3.63) is 12.7 Å². The smallest absolute Gasteiger partial charge is 0.308 e. The second kappa shape index (κ2) is 4.94. The zero-order chi connectivity index (χ0) is 12.3. The van der Waals surface area contributed by atoms with E-state index in [9.17, 15) is 9.59 Å². The predicted octanol–water partition coefficient (Wildman–Crippen LogP) is -0.399. The summed E-state index contributed by atoms with van der Waals surface area (Å²) in [6.07, 6.45) is 4.21. The largest absolute Gasteiger partial charge is 0.481 e. The second-order valence-corrected chi connectivity index (χ2v) is 4.11. The quantitative estimate of drug-likeness (QED) is 0.774. The number of likely N-dealkylation sites (tertiary alicyclic amines) is 1. The van der Waals surface area contributed by atoms with E-state index in [4.69, 9.17) is 5.11 Å². The number of aromatic nitrogens is 3. The summed E-state index contributed by atoms with van der Waals surface area (Å²) in [5, 5.41) is 12.8. The Bertz CT molecular complexity index is 404. The summed E-state index contributed by atoms with van der Waals surface area (Å²) < 4.78 is 1.44. The first kappa shape index (κ1) is 11.6. The van der Waals surface area contributed by atoms with Crippen LogP contribution in [0, 0.1) is 5.92 Å². The summed E-state index contributed by atoms with van der Waals surface area (Å²) in [4.78, 5) is 28.1. The van der Waals surface area contributed by atoms with Crippen molar-refractivity contribution in [2.75, 3.05) is 13.1 Å². The van der Waals surface area contributed by atoms with Gasteiger partial charge in [-0.15, -0.1) is 0 Å². The Balaban J connectivity index is 1.93. The molecule has 92 valence electrons. The van der Waals surface area contributed by atoms with Crippen molar-refractivity contribution >= 4 is 11.9 Å². The van der Waals surface area contributed by atoms with E-state index in [0.717, 1.165) is 6.42 Å². The standard InChI is InChI=1S/C10H14N4O3/c15-9(5-14-7-11-6-12-14)13-3-1-2-8(4-13)10(16)17/h6-8H,1-5H2,(H,16,17). The van der Waals surface area contributed by atoms with Crippen LogP contribution in [0.1, 0.15) is 12.8 Å². The van der Waals surface area contributed by atoms with Crippen molar-refractivity contribution in [1.82, 2.24) is 19.7 Å². The average molecular weight is 238 g/mol. The van der Waals surface area contributed by atoms with Gasteiger partial charge in [-0.05, 0) is 12.8 Å². The van der Waals surface area contributed by atoms with Crippen LogP contribution in [0.2, 0.25) is 0 Å². The van der Waals surface area contributed by atoms with E-state index in [1.54, 1.807) is 4.90 Å². The number of piperidine rings is 1. The highest BCUT2D eigenvalue weighted by molar-refractivity contribution is 5.77. The van der Waals surface area contributed by atoms with Gasteiger partial charge in [-0.25, -0.2) is 9.67 Å². The molecule has 0 saturated carbocycles. The molecule has 7 nitrogen and oxygen atoms in total. The molecule has 0 bridgehead atoms. The van der Waals surface area contributed by atoms with E-state index in [0.29, 0.717) is 19.5 Å². The number of hydrogen-bond acceptors (Lipinski definition) is 4. The maximum absolute atomic E-state index is 11.9. The number of carboxylic acid groups (broad SMARTS) is 1.